The highest BCUT2D eigenvalue weighted by Crippen LogP contribution is 2.32. The van der Waals surface area contributed by atoms with Crippen LogP contribution in [0.5, 0.6) is 0 Å². The number of nitrogens with one attached hydrogen (secondary N) is 1. The van der Waals surface area contributed by atoms with Gasteiger partial charge in [0.15, 0.2) is 0 Å². The number of methoxy groups -OCH3 is 1. The van der Waals surface area contributed by atoms with Crippen LogP contribution in [0.4, 0.5) is 0 Å². The summed E-state index contributed by atoms with van der Waals surface area (Å²) in [5.74, 6) is -1.77. The third-order valence-corrected chi connectivity index (χ3v) is 4.19. The zero-order valence-electron chi connectivity index (χ0n) is 11.7. The fraction of sp³-hybridized carbons (Fsp3) is 0.692. The van der Waals surface area contributed by atoms with Crippen molar-refractivity contribution in [3.63, 3.8) is 0 Å². The van der Waals surface area contributed by atoms with Crippen molar-refractivity contribution < 1.29 is 28.9 Å². The highest BCUT2D eigenvalue weighted by atomic mass is 79.9. The zero-order valence-corrected chi connectivity index (χ0v) is 13.3. The Morgan fingerprint density at radius 2 is 2.19 bits per heavy atom. The third-order valence-electron chi connectivity index (χ3n) is 3.57. The van der Waals surface area contributed by atoms with Crippen LogP contribution in [0.3, 0.4) is 0 Å². The standard InChI is InChI=1S/C13H18BrNO6/c1-3-20-5-8-11(19-2)9(16)10(21-8)6-4-7(14)13(18)15-12(6)17/h4,6,8-11,16H,3,5H2,1-2H3,(H,15,17,18)/t6?,8-,9?,10+,11?/m1/s1. The van der Waals surface area contributed by atoms with Crippen molar-refractivity contribution in [3.05, 3.63) is 10.6 Å². The molecule has 3 unspecified atom stereocenters. The van der Waals surface area contributed by atoms with E-state index in [-0.39, 0.29) is 11.1 Å². The summed E-state index contributed by atoms with van der Waals surface area (Å²) in [6.45, 7) is 2.63. The summed E-state index contributed by atoms with van der Waals surface area (Å²) < 4.78 is 16.5. The first-order valence-electron chi connectivity index (χ1n) is 6.66. The molecule has 5 atom stereocenters. The van der Waals surface area contributed by atoms with Crippen LogP contribution >= 0.6 is 15.9 Å². The molecule has 7 nitrogen and oxygen atoms in total. The number of amides is 2. The molecule has 0 saturated carbocycles. The van der Waals surface area contributed by atoms with Crippen LogP contribution in [0.2, 0.25) is 0 Å². The molecule has 0 aromatic heterocycles. The molecule has 0 spiro atoms. The molecule has 2 rings (SSSR count). The fourth-order valence-corrected chi connectivity index (χ4v) is 2.91. The molecular formula is C13H18BrNO6. The van der Waals surface area contributed by atoms with Gasteiger partial charge in [0.2, 0.25) is 5.91 Å². The third kappa shape index (κ3) is 3.35. The van der Waals surface area contributed by atoms with Gasteiger partial charge in [0.1, 0.15) is 24.4 Å². The molecular weight excluding hydrogens is 346 g/mol. The Morgan fingerprint density at radius 1 is 1.48 bits per heavy atom. The first-order chi connectivity index (χ1) is 9.99. The summed E-state index contributed by atoms with van der Waals surface area (Å²) in [5, 5.41) is 12.5. The van der Waals surface area contributed by atoms with Crippen molar-refractivity contribution in [3.8, 4) is 0 Å². The van der Waals surface area contributed by atoms with E-state index in [0.29, 0.717) is 6.61 Å². The van der Waals surface area contributed by atoms with E-state index in [1.165, 1.54) is 13.2 Å². The van der Waals surface area contributed by atoms with Crippen LogP contribution in [-0.2, 0) is 23.8 Å². The van der Waals surface area contributed by atoms with Crippen molar-refractivity contribution in [2.75, 3.05) is 20.3 Å². The second-order valence-corrected chi connectivity index (χ2v) is 5.70. The van der Waals surface area contributed by atoms with Crippen molar-refractivity contribution in [1.82, 2.24) is 5.32 Å². The highest BCUT2D eigenvalue weighted by Gasteiger charge is 2.49. The zero-order chi connectivity index (χ0) is 15.6. The number of aliphatic hydroxyl groups is 1. The number of imide groups is 1. The Bertz CT molecular complexity index is 454. The van der Waals surface area contributed by atoms with Gasteiger partial charge >= 0.3 is 0 Å². The topological polar surface area (TPSA) is 94.1 Å². The van der Waals surface area contributed by atoms with E-state index in [1.54, 1.807) is 0 Å². The maximum atomic E-state index is 11.9. The second-order valence-electron chi connectivity index (χ2n) is 4.85. The molecule has 0 aromatic carbocycles. The lowest BCUT2D eigenvalue weighted by atomic mass is 9.93. The van der Waals surface area contributed by atoms with Gasteiger partial charge in [0.05, 0.1) is 17.0 Å². The van der Waals surface area contributed by atoms with Gasteiger partial charge in [-0.25, -0.2) is 0 Å². The van der Waals surface area contributed by atoms with E-state index in [2.05, 4.69) is 21.2 Å². The number of ether oxygens (including phenoxy) is 3. The number of rotatable bonds is 5. The van der Waals surface area contributed by atoms with Crippen molar-refractivity contribution in [1.29, 1.82) is 0 Å². The Morgan fingerprint density at radius 3 is 2.81 bits per heavy atom. The van der Waals surface area contributed by atoms with Gasteiger partial charge in [0, 0.05) is 13.7 Å². The lowest BCUT2D eigenvalue weighted by Crippen LogP contribution is -2.47. The molecule has 8 heteroatoms. The molecule has 1 saturated heterocycles. The fourth-order valence-electron chi connectivity index (χ4n) is 2.53. The van der Waals surface area contributed by atoms with Gasteiger partial charge in [-0.05, 0) is 28.9 Å². The van der Waals surface area contributed by atoms with Gasteiger partial charge in [-0.15, -0.1) is 0 Å². The number of carbonyl (C=O) groups is 2. The molecule has 0 radical (unpaired) electrons. The smallest absolute Gasteiger partial charge is 0.264 e. The molecule has 2 amide bonds. The van der Waals surface area contributed by atoms with E-state index in [0.717, 1.165) is 0 Å². The van der Waals surface area contributed by atoms with E-state index in [4.69, 9.17) is 14.2 Å². The van der Waals surface area contributed by atoms with Crippen LogP contribution in [0.1, 0.15) is 6.92 Å². The summed E-state index contributed by atoms with van der Waals surface area (Å²) in [7, 11) is 1.47. The van der Waals surface area contributed by atoms with Crippen LogP contribution in [0, 0.1) is 5.92 Å². The van der Waals surface area contributed by atoms with Crippen molar-refractivity contribution in [2.45, 2.75) is 31.3 Å². The van der Waals surface area contributed by atoms with E-state index in [9.17, 15) is 14.7 Å². The van der Waals surface area contributed by atoms with Crippen LogP contribution in [0.25, 0.3) is 0 Å². The number of halogens is 1. The molecule has 2 aliphatic heterocycles. The summed E-state index contributed by atoms with van der Waals surface area (Å²) in [5.41, 5.74) is 0. The minimum Gasteiger partial charge on any atom is -0.388 e. The van der Waals surface area contributed by atoms with E-state index in [1.807, 2.05) is 6.92 Å². The average molecular weight is 364 g/mol. The molecule has 118 valence electrons. The number of hydrogen-bond donors (Lipinski definition) is 2. The van der Waals surface area contributed by atoms with Crippen molar-refractivity contribution in [2.24, 2.45) is 5.92 Å². The Labute approximate surface area is 130 Å². The average Bonchev–Trinajstić information content (AvgIpc) is 2.76. The Hall–Kier alpha value is -0.800. The SMILES string of the molecule is CCOC[C@H]1O[C@@H](C2C=C(Br)C(=O)NC2=O)C(O)C1OC. The molecule has 0 aromatic rings. The van der Waals surface area contributed by atoms with Crippen LogP contribution in [-0.4, -0.2) is 61.7 Å². The first-order valence-corrected chi connectivity index (χ1v) is 7.45. The number of hydrogen-bond acceptors (Lipinski definition) is 6. The molecule has 0 bridgehead atoms. The maximum absolute atomic E-state index is 11.9. The lowest BCUT2D eigenvalue weighted by Gasteiger charge is -2.25. The minimum absolute atomic E-state index is 0.241. The normalized spacial score (nSPS) is 36.6. The van der Waals surface area contributed by atoms with E-state index >= 15 is 0 Å². The van der Waals surface area contributed by atoms with Crippen LogP contribution < -0.4 is 5.32 Å². The van der Waals surface area contributed by atoms with Gasteiger partial charge in [-0.3, -0.25) is 14.9 Å². The summed E-state index contributed by atoms with van der Waals surface area (Å²) in [6.07, 6.45) is -1.38. The number of aliphatic hydroxyl groups excluding tert-OH is 1. The van der Waals surface area contributed by atoms with Gasteiger partial charge in [0.25, 0.3) is 5.91 Å². The highest BCUT2D eigenvalue weighted by molar-refractivity contribution is 9.12. The van der Waals surface area contributed by atoms with Crippen LogP contribution in [0.15, 0.2) is 10.6 Å². The predicted octanol–water partition coefficient (Wildman–Crippen LogP) is -0.282. The minimum atomic E-state index is -0.985. The Kier molecular flexibility index (Phi) is 5.50. The maximum Gasteiger partial charge on any atom is 0.264 e. The lowest BCUT2D eigenvalue weighted by molar-refractivity contribution is -0.136. The largest absolute Gasteiger partial charge is 0.388 e. The first kappa shape index (κ1) is 16.6. The van der Waals surface area contributed by atoms with Gasteiger partial charge in [-0.2, -0.15) is 0 Å². The predicted molar refractivity (Wildman–Crippen MR) is 75.6 cm³/mol. The summed E-state index contributed by atoms with van der Waals surface area (Å²) in [6, 6.07) is 0. The molecule has 1 fully saturated rings. The molecule has 21 heavy (non-hydrogen) atoms. The van der Waals surface area contributed by atoms with E-state index < -0.39 is 42.1 Å². The quantitative estimate of drug-likeness (QED) is 0.652. The summed E-state index contributed by atoms with van der Waals surface area (Å²) in [4.78, 5) is 23.3. The molecule has 0 aliphatic carbocycles. The Balaban J connectivity index is 2.16. The number of carbonyl (C=O) groups excluding carboxylic acids is 2. The van der Waals surface area contributed by atoms with Gasteiger partial charge < -0.3 is 19.3 Å². The monoisotopic (exact) mass is 363 g/mol. The van der Waals surface area contributed by atoms with Crippen molar-refractivity contribution >= 4 is 27.7 Å². The summed E-state index contributed by atoms with van der Waals surface area (Å²) >= 11 is 3.08. The van der Waals surface area contributed by atoms with Gasteiger partial charge in [-0.1, -0.05) is 0 Å². The molecule has 2 N–H and O–H groups in total. The molecule has 2 aliphatic rings. The molecule has 2 heterocycles. The second kappa shape index (κ2) is 6.97.